The van der Waals surface area contributed by atoms with Gasteiger partial charge in [-0.25, -0.2) is 0 Å². The highest BCUT2D eigenvalue weighted by Crippen LogP contribution is 1.96. The average molecular weight is 264 g/mol. The first kappa shape index (κ1) is 21.8. The van der Waals surface area contributed by atoms with E-state index < -0.39 is 24.0 Å². The number of hydrogen-bond donors (Lipinski definition) is 4. The molecular weight excluding hydrogens is 240 g/mol. The molecule has 18 heavy (non-hydrogen) atoms. The topological polar surface area (TPSA) is 144 Å². The molecule has 0 unspecified atom stereocenters. The summed E-state index contributed by atoms with van der Waals surface area (Å²) in [6.07, 6.45) is 0. The third-order valence-corrected chi connectivity index (χ3v) is 2.01. The highest BCUT2D eigenvalue weighted by molar-refractivity contribution is 5.73. The van der Waals surface area contributed by atoms with Gasteiger partial charge in [-0.1, -0.05) is 27.7 Å². The van der Waals surface area contributed by atoms with Crippen molar-refractivity contribution in [2.75, 3.05) is 0 Å². The molecule has 0 amide bonds. The Morgan fingerprint density at radius 2 is 1.00 bits per heavy atom. The van der Waals surface area contributed by atoms with E-state index in [1.807, 2.05) is 6.79 Å². The van der Waals surface area contributed by atoms with E-state index >= 15 is 0 Å². The molecule has 0 bridgehead atoms. The summed E-state index contributed by atoms with van der Waals surface area (Å²) >= 11 is 0. The van der Waals surface area contributed by atoms with Crippen LogP contribution in [0.25, 0.3) is 0 Å². The van der Waals surface area contributed by atoms with Crippen LogP contribution in [0.15, 0.2) is 0 Å². The lowest BCUT2D eigenvalue weighted by molar-refractivity contribution is -0.140. The van der Waals surface area contributed by atoms with Gasteiger partial charge in [0.15, 0.2) is 0 Å². The van der Waals surface area contributed by atoms with Gasteiger partial charge in [0.05, 0.1) is 0 Å². The van der Waals surface area contributed by atoms with Gasteiger partial charge in [0.25, 0.3) is 0 Å². The van der Waals surface area contributed by atoms with Crippen molar-refractivity contribution < 1.29 is 24.6 Å². The predicted octanol–water partition coefficient (Wildman–Crippen LogP) is -0.0763. The van der Waals surface area contributed by atoms with Crippen molar-refractivity contribution in [1.29, 1.82) is 0 Å². The van der Waals surface area contributed by atoms with Crippen molar-refractivity contribution in [1.82, 2.24) is 0 Å². The largest absolute Gasteiger partial charge is 0.480 e. The summed E-state index contributed by atoms with van der Waals surface area (Å²) < 4.78 is 0. The van der Waals surface area contributed by atoms with Gasteiger partial charge in [-0.3, -0.25) is 9.59 Å². The molecule has 0 aliphatic carbocycles. The van der Waals surface area contributed by atoms with Gasteiger partial charge in [0.1, 0.15) is 18.9 Å². The lowest BCUT2D eigenvalue weighted by atomic mass is 10.1. The van der Waals surface area contributed by atoms with Crippen molar-refractivity contribution in [3.05, 3.63) is 0 Å². The minimum atomic E-state index is -0.931. The van der Waals surface area contributed by atoms with Gasteiger partial charge in [-0.05, 0) is 11.8 Å². The van der Waals surface area contributed by atoms with Gasteiger partial charge in [0.2, 0.25) is 0 Å². The second kappa shape index (κ2) is 12.0. The monoisotopic (exact) mass is 264 g/mol. The van der Waals surface area contributed by atoms with Crippen LogP contribution in [0, 0.1) is 11.8 Å². The summed E-state index contributed by atoms with van der Waals surface area (Å²) in [7, 11) is 0. The molecule has 2 atom stereocenters. The molecule has 108 valence electrons. The molecule has 0 heterocycles. The van der Waals surface area contributed by atoms with Crippen molar-refractivity contribution in [3.63, 3.8) is 0 Å². The molecule has 0 aliphatic rings. The quantitative estimate of drug-likeness (QED) is 0.556. The molecule has 6 N–H and O–H groups in total. The highest BCUT2D eigenvalue weighted by Gasteiger charge is 2.14. The molecule has 0 saturated heterocycles. The fourth-order valence-electron chi connectivity index (χ4n) is 0.570. The number of hydrogen-bond acceptors (Lipinski definition) is 5. The van der Waals surface area contributed by atoms with Crippen LogP contribution in [0.2, 0.25) is 0 Å². The van der Waals surface area contributed by atoms with Crippen molar-refractivity contribution in [2.24, 2.45) is 23.3 Å². The first-order valence-corrected chi connectivity index (χ1v) is 5.36. The summed E-state index contributed by atoms with van der Waals surface area (Å²) in [5, 5.41) is 16.5. The van der Waals surface area contributed by atoms with Gasteiger partial charge in [-0.15, -0.1) is 0 Å². The van der Waals surface area contributed by atoms with Crippen LogP contribution < -0.4 is 11.5 Å². The fraction of sp³-hybridized carbons (Fsp3) is 0.727. The zero-order valence-corrected chi connectivity index (χ0v) is 11.3. The molecule has 0 fully saturated rings. The van der Waals surface area contributed by atoms with Gasteiger partial charge < -0.3 is 26.5 Å². The van der Waals surface area contributed by atoms with Crippen LogP contribution in [0.4, 0.5) is 0 Å². The number of aliphatic carboxylic acids is 2. The summed E-state index contributed by atoms with van der Waals surface area (Å²) in [6.45, 7) is 9.11. The lowest BCUT2D eigenvalue weighted by Crippen LogP contribution is -2.34. The number of carbonyl (C=O) groups is 3. The minimum Gasteiger partial charge on any atom is -0.480 e. The SMILES string of the molecule is C=O.CC(C)[C@H](N)C(=O)O.CC(C)[C@H](N)C(=O)O. The van der Waals surface area contributed by atoms with Crippen LogP contribution >= 0.6 is 0 Å². The smallest absolute Gasteiger partial charge is 0.320 e. The molecule has 0 aromatic carbocycles. The Morgan fingerprint density at radius 3 is 1.00 bits per heavy atom. The normalized spacial score (nSPS) is 12.7. The van der Waals surface area contributed by atoms with E-state index in [0.717, 1.165) is 0 Å². The van der Waals surface area contributed by atoms with E-state index in [9.17, 15) is 9.59 Å². The zero-order valence-electron chi connectivity index (χ0n) is 11.3. The molecule has 0 radical (unpaired) electrons. The molecule has 0 spiro atoms. The van der Waals surface area contributed by atoms with Crippen molar-refractivity contribution in [2.45, 2.75) is 39.8 Å². The van der Waals surface area contributed by atoms with Crippen LogP contribution in [-0.4, -0.2) is 41.0 Å². The van der Waals surface area contributed by atoms with E-state index in [-0.39, 0.29) is 11.8 Å². The lowest BCUT2D eigenvalue weighted by Gasteiger charge is -2.07. The Kier molecular flexibility index (Phi) is 14.5. The van der Waals surface area contributed by atoms with E-state index in [4.69, 9.17) is 26.5 Å². The number of nitrogens with two attached hydrogens (primary N) is 2. The maximum atomic E-state index is 10.0. The maximum absolute atomic E-state index is 10.0. The van der Waals surface area contributed by atoms with Crippen LogP contribution in [-0.2, 0) is 14.4 Å². The summed E-state index contributed by atoms with van der Waals surface area (Å²) in [5.74, 6) is -1.82. The second-order valence-electron chi connectivity index (χ2n) is 4.22. The molecule has 7 heteroatoms. The average Bonchev–Trinajstić information content (AvgIpc) is 2.29. The summed E-state index contributed by atoms with van der Waals surface area (Å²) in [4.78, 5) is 28.0. The molecule has 7 nitrogen and oxygen atoms in total. The van der Waals surface area contributed by atoms with Gasteiger partial charge >= 0.3 is 11.9 Å². The Balaban J connectivity index is -0.000000219. The standard InChI is InChI=1S/2C5H11NO2.CH2O/c2*1-3(2)4(6)5(7)8;1-2/h2*3-4H,6H2,1-2H3,(H,7,8);1H2/t2*4-;/m00./s1. The predicted molar refractivity (Wildman–Crippen MR) is 68.0 cm³/mol. The molecule has 0 saturated carbocycles. The van der Waals surface area contributed by atoms with Crippen molar-refractivity contribution >= 4 is 18.7 Å². The number of carbonyl (C=O) groups excluding carboxylic acids is 1. The number of carboxylic acid groups (broad SMARTS) is 2. The Bertz CT molecular complexity index is 220. The van der Waals surface area contributed by atoms with Crippen LogP contribution in [0.3, 0.4) is 0 Å². The Labute approximate surface area is 107 Å². The highest BCUT2D eigenvalue weighted by atomic mass is 16.4. The minimum absolute atomic E-state index is 0.0208. The van der Waals surface area contributed by atoms with Gasteiger partial charge in [-0.2, -0.15) is 0 Å². The number of carboxylic acids is 2. The first-order valence-electron chi connectivity index (χ1n) is 5.36. The maximum Gasteiger partial charge on any atom is 0.320 e. The Morgan fingerprint density at radius 1 is 0.833 bits per heavy atom. The molecule has 0 rings (SSSR count). The molecule has 0 aromatic rings. The molecule has 0 aromatic heterocycles. The van der Waals surface area contributed by atoms with Crippen LogP contribution in [0.1, 0.15) is 27.7 Å². The number of rotatable bonds is 4. The summed E-state index contributed by atoms with van der Waals surface area (Å²) in [5.41, 5.74) is 10.3. The van der Waals surface area contributed by atoms with E-state index in [2.05, 4.69) is 0 Å². The second-order valence-corrected chi connectivity index (χ2v) is 4.22. The third kappa shape index (κ3) is 12.6. The Hall–Kier alpha value is -1.47. The third-order valence-electron chi connectivity index (χ3n) is 2.01. The van der Waals surface area contributed by atoms with Gasteiger partial charge in [0, 0.05) is 0 Å². The fourth-order valence-corrected chi connectivity index (χ4v) is 0.570. The van der Waals surface area contributed by atoms with Crippen LogP contribution in [0.5, 0.6) is 0 Å². The zero-order chi connectivity index (χ0) is 15.5. The van der Waals surface area contributed by atoms with E-state index in [0.29, 0.717) is 0 Å². The molecular formula is C11H24N2O5. The summed E-state index contributed by atoms with van der Waals surface area (Å²) in [6, 6.07) is -1.43. The van der Waals surface area contributed by atoms with E-state index in [1.54, 1.807) is 27.7 Å². The van der Waals surface area contributed by atoms with E-state index in [1.165, 1.54) is 0 Å². The molecule has 0 aliphatic heterocycles. The first-order chi connectivity index (χ1) is 8.11. The van der Waals surface area contributed by atoms with Crippen molar-refractivity contribution in [3.8, 4) is 0 Å².